The molecule has 1 aliphatic heterocycles. The topological polar surface area (TPSA) is 21.6 Å². The van der Waals surface area contributed by atoms with Crippen LogP contribution in [-0.4, -0.2) is 22.8 Å². The van der Waals surface area contributed by atoms with Crippen LogP contribution in [0.5, 0.6) is 0 Å². The Kier molecular flexibility index (Phi) is 3.65. The lowest BCUT2D eigenvalue weighted by Gasteiger charge is -2.19. The number of hydrogen-bond donors (Lipinski definition) is 0. The van der Waals surface area contributed by atoms with Gasteiger partial charge in [-0.05, 0) is 26.0 Å². The van der Waals surface area contributed by atoms with Crippen molar-refractivity contribution in [1.82, 2.24) is 0 Å². The van der Waals surface area contributed by atoms with Gasteiger partial charge in [-0.3, -0.25) is 0 Å². The van der Waals surface area contributed by atoms with Crippen LogP contribution in [0.2, 0.25) is 0 Å². The maximum Gasteiger partial charge on any atom is 0.220 e. The highest BCUT2D eigenvalue weighted by Gasteiger charge is 2.30. The molecule has 0 bridgehead atoms. The lowest BCUT2D eigenvalue weighted by Crippen LogP contribution is -2.17. The van der Waals surface area contributed by atoms with Crippen LogP contribution in [0.1, 0.15) is 40.2 Å². The summed E-state index contributed by atoms with van der Waals surface area (Å²) in [5, 5.41) is 0. The van der Waals surface area contributed by atoms with Crippen molar-refractivity contribution in [3.8, 4) is 0 Å². The van der Waals surface area contributed by atoms with Crippen molar-refractivity contribution >= 4 is 17.7 Å². The molecule has 0 N–H and O–H groups in total. The van der Waals surface area contributed by atoms with Crippen LogP contribution in [0, 0.1) is 5.82 Å². The minimum Gasteiger partial charge on any atom is -0.475 e. The van der Waals surface area contributed by atoms with Crippen LogP contribution in [0.3, 0.4) is 0 Å². The molecule has 0 radical (unpaired) electrons. The summed E-state index contributed by atoms with van der Waals surface area (Å²) in [5.74, 6) is 0.153. The predicted octanol–water partition coefficient (Wildman–Crippen LogP) is 4.27. The maximum atomic E-state index is 14.2. The summed E-state index contributed by atoms with van der Waals surface area (Å²) in [6.45, 7) is 10.8. The molecule has 2 rings (SSSR count). The summed E-state index contributed by atoms with van der Waals surface area (Å²) in [6.07, 6.45) is 0. The van der Waals surface area contributed by atoms with Crippen LogP contribution in [-0.2, 0) is 4.74 Å². The first-order valence-corrected chi connectivity index (χ1v) is 7.20. The molecule has 0 atom stereocenters. The number of thioether (sulfide) groups is 1. The molecule has 0 unspecified atom stereocenters. The highest BCUT2D eigenvalue weighted by Crippen LogP contribution is 2.36. The van der Waals surface area contributed by atoms with E-state index < -0.39 is 0 Å². The van der Waals surface area contributed by atoms with Crippen LogP contribution < -0.4 is 0 Å². The molecule has 1 aromatic rings. The normalized spacial score (nSPS) is 18.1. The molecule has 0 fully saturated rings. The van der Waals surface area contributed by atoms with Crippen molar-refractivity contribution in [1.29, 1.82) is 0 Å². The Morgan fingerprint density at radius 1 is 1.32 bits per heavy atom. The third-order valence-corrected chi connectivity index (χ3v) is 3.74. The molecular formula is C15H20FNOS. The second-order valence-electron chi connectivity index (χ2n) is 6.35. The highest BCUT2D eigenvalue weighted by atomic mass is 32.2. The smallest absolute Gasteiger partial charge is 0.220 e. The van der Waals surface area contributed by atoms with Gasteiger partial charge in [0.05, 0.1) is 11.1 Å². The lowest BCUT2D eigenvalue weighted by atomic mass is 10.1. The Labute approximate surface area is 118 Å². The summed E-state index contributed by atoms with van der Waals surface area (Å²) < 4.78 is 19.8. The molecule has 0 saturated carbocycles. The minimum atomic E-state index is -0.277. The summed E-state index contributed by atoms with van der Waals surface area (Å²) in [6, 6.07) is 5.11. The van der Waals surface area contributed by atoms with Crippen LogP contribution >= 0.6 is 11.8 Å². The molecule has 0 aliphatic carbocycles. The van der Waals surface area contributed by atoms with Gasteiger partial charge in [-0.1, -0.05) is 26.8 Å². The van der Waals surface area contributed by atoms with Crippen molar-refractivity contribution in [3.05, 3.63) is 29.6 Å². The molecule has 19 heavy (non-hydrogen) atoms. The third-order valence-electron chi connectivity index (χ3n) is 2.57. The van der Waals surface area contributed by atoms with E-state index in [1.54, 1.807) is 17.8 Å². The second-order valence-corrected chi connectivity index (χ2v) is 8.21. The molecule has 0 spiro atoms. The predicted molar refractivity (Wildman–Crippen MR) is 78.6 cm³/mol. The number of ether oxygens (including phenoxy) is 1. The SMILES string of the molecule is CC1(C)COC(c2c(F)cccc2SC(C)(C)C)=N1. The molecule has 4 heteroatoms. The fourth-order valence-electron chi connectivity index (χ4n) is 1.84. The van der Waals surface area contributed by atoms with E-state index in [9.17, 15) is 4.39 Å². The first-order valence-electron chi connectivity index (χ1n) is 6.38. The Bertz CT molecular complexity index is 517. The van der Waals surface area contributed by atoms with E-state index >= 15 is 0 Å². The number of benzene rings is 1. The van der Waals surface area contributed by atoms with Gasteiger partial charge in [0.15, 0.2) is 0 Å². The zero-order valence-electron chi connectivity index (χ0n) is 12.1. The van der Waals surface area contributed by atoms with Crippen LogP contribution in [0.4, 0.5) is 4.39 Å². The number of nitrogens with zero attached hydrogens (tertiary/aromatic N) is 1. The zero-order valence-corrected chi connectivity index (χ0v) is 12.9. The first-order chi connectivity index (χ1) is 8.68. The Balaban J connectivity index is 2.45. The van der Waals surface area contributed by atoms with E-state index in [1.807, 2.05) is 19.9 Å². The van der Waals surface area contributed by atoms with Gasteiger partial charge in [-0.15, -0.1) is 11.8 Å². The Hall–Kier alpha value is -1.03. The molecule has 0 saturated heterocycles. The number of hydrogen-bond acceptors (Lipinski definition) is 3. The van der Waals surface area contributed by atoms with E-state index in [0.29, 0.717) is 18.1 Å². The molecule has 1 aromatic carbocycles. The summed E-state index contributed by atoms with van der Waals surface area (Å²) >= 11 is 1.63. The van der Waals surface area contributed by atoms with Crippen LogP contribution in [0.25, 0.3) is 0 Å². The lowest BCUT2D eigenvalue weighted by molar-refractivity contribution is 0.278. The molecule has 0 aromatic heterocycles. The van der Waals surface area contributed by atoms with Gasteiger partial charge in [0.1, 0.15) is 12.4 Å². The van der Waals surface area contributed by atoms with E-state index in [1.165, 1.54) is 6.07 Å². The van der Waals surface area contributed by atoms with Crippen molar-refractivity contribution < 1.29 is 9.13 Å². The fourth-order valence-corrected chi connectivity index (χ4v) is 2.93. The van der Waals surface area contributed by atoms with Gasteiger partial charge in [-0.25, -0.2) is 9.38 Å². The quantitative estimate of drug-likeness (QED) is 0.755. The van der Waals surface area contributed by atoms with E-state index in [4.69, 9.17) is 4.74 Å². The number of aliphatic imine (C=N–C) groups is 1. The summed E-state index contributed by atoms with van der Waals surface area (Å²) in [4.78, 5) is 5.36. The van der Waals surface area contributed by atoms with Gasteiger partial charge in [0.25, 0.3) is 0 Å². The third kappa shape index (κ3) is 3.50. The van der Waals surface area contributed by atoms with E-state index in [0.717, 1.165) is 4.90 Å². The van der Waals surface area contributed by atoms with Crippen LogP contribution in [0.15, 0.2) is 28.1 Å². The Morgan fingerprint density at radius 2 is 2.00 bits per heavy atom. The van der Waals surface area contributed by atoms with E-state index in [-0.39, 0.29) is 16.1 Å². The standard InChI is InChI=1S/C15H20FNOS/c1-14(2,3)19-11-8-6-7-10(16)12(11)13-17-15(4,5)9-18-13/h6-8H,9H2,1-5H3. The van der Waals surface area contributed by atoms with Gasteiger partial charge in [-0.2, -0.15) is 0 Å². The van der Waals surface area contributed by atoms with Gasteiger partial charge < -0.3 is 4.74 Å². The van der Waals surface area contributed by atoms with Gasteiger partial charge >= 0.3 is 0 Å². The first kappa shape index (κ1) is 14.4. The average Bonchev–Trinajstić information content (AvgIpc) is 2.56. The van der Waals surface area contributed by atoms with Crippen molar-refractivity contribution in [2.24, 2.45) is 4.99 Å². The summed E-state index contributed by atoms with van der Waals surface area (Å²) in [7, 11) is 0. The highest BCUT2D eigenvalue weighted by molar-refractivity contribution is 8.00. The molecule has 2 nitrogen and oxygen atoms in total. The number of halogens is 1. The van der Waals surface area contributed by atoms with Gasteiger partial charge in [0, 0.05) is 9.64 Å². The zero-order chi connectivity index (χ0) is 14.3. The van der Waals surface area contributed by atoms with E-state index in [2.05, 4.69) is 25.8 Å². The molecule has 1 aliphatic rings. The number of rotatable bonds is 2. The van der Waals surface area contributed by atoms with Crippen molar-refractivity contribution in [2.45, 2.75) is 49.8 Å². The van der Waals surface area contributed by atoms with Crippen molar-refractivity contribution in [2.75, 3.05) is 6.61 Å². The average molecular weight is 281 g/mol. The minimum absolute atomic E-state index is 0.0111. The Morgan fingerprint density at radius 3 is 2.53 bits per heavy atom. The maximum absolute atomic E-state index is 14.2. The second kappa shape index (κ2) is 4.82. The van der Waals surface area contributed by atoms with Gasteiger partial charge in [0.2, 0.25) is 5.90 Å². The monoisotopic (exact) mass is 281 g/mol. The summed E-state index contributed by atoms with van der Waals surface area (Å²) in [5.41, 5.74) is 0.217. The van der Waals surface area contributed by atoms with Crippen molar-refractivity contribution in [3.63, 3.8) is 0 Å². The largest absolute Gasteiger partial charge is 0.475 e. The molecule has 1 heterocycles. The molecule has 104 valence electrons. The molecule has 0 amide bonds. The fraction of sp³-hybridized carbons (Fsp3) is 0.533. The molecular weight excluding hydrogens is 261 g/mol.